The molecule has 1 amide bonds. The number of Topliss-reactive ketones (excluding diaryl/α,β-unsaturated/α-hetero) is 1. The molecule has 35 heavy (non-hydrogen) atoms. The van der Waals surface area contributed by atoms with Crippen LogP contribution in [-0.4, -0.2) is 21.7 Å². The Morgan fingerprint density at radius 3 is 2.06 bits per heavy atom. The van der Waals surface area contributed by atoms with Crippen molar-refractivity contribution in [3.8, 4) is 0 Å². The molecule has 1 unspecified atom stereocenters. The molecule has 0 spiro atoms. The number of rotatable bonds is 4. The third kappa shape index (κ3) is 4.74. The topological polar surface area (TPSA) is 57.6 Å². The number of nitrogens with zero attached hydrogens (tertiary/aromatic N) is 1. The Bertz CT molecular complexity index is 1320. The van der Waals surface area contributed by atoms with Crippen molar-refractivity contribution in [2.24, 2.45) is 0 Å². The second-order valence-electron chi connectivity index (χ2n) is 9.88. The van der Waals surface area contributed by atoms with Gasteiger partial charge in [-0.15, -0.1) is 0 Å². The van der Waals surface area contributed by atoms with Crippen LogP contribution in [0.5, 0.6) is 0 Å². The zero-order valence-electron chi connectivity index (χ0n) is 20.1. The molecule has 180 valence electrons. The Hall–Kier alpha value is -3.80. The number of likely N-dealkylation sites (tertiary alicyclic amines) is 1. The largest absolute Gasteiger partial charge is 0.507 e. The standard InChI is InChI=1S/C29H27F2NO3/c1-17-5-10-20(29(2,3)4)15-23(17)26(33)24-25(19-8-13-22(31)14-9-19)32(28(35)27(24)34)16-18-6-11-21(30)12-7-18/h5-15,25,33H,16H2,1-4H3/b26-24+. The lowest BCUT2D eigenvalue weighted by atomic mass is 9.84. The lowest BCUT2D eigenvalue weighted by Crippen LogP contribution is -2.29. The van der Waals surface area contributed by atoms with Gasteiger partial charge in [0.1, 0.15) is 17.4 Å². The van der Waals surface area contributed by atoms with Crippen LogP contribution in [0, 0.1) is 18.6 Å². The molecule has 1 heterocycles. The van der Waals surface area contributed by atoms with Crippen LogP contribution in [0.3, 0.4) is 0 Å². The number of aliphatic hydroxyl groups excluding tert-OH is 1. The number of ketones is 1. The van der Waals surface area contributed by atoms with Crippen molar-refractivity contribution in [1.82, 2.24) is 4.90 Å². The molecular formula is C29H27F2NO3. The molecule has 1 fully saturated rings. The SMILES string of the molecule is Cc1ccc(C(C)(C)C)cc1/C(O)=C1\C(=O)C(=O)N(Cc2ccc(F)cc2)C1c1ccc(F)cc1. The first kappa shape index (κ1) is 24.3. The van der Waals surface area contributed by atoms with E-state index in [2.05, 4.69) is 0 Å². The van der Waals surface area contributed by atoms with Crippen molar-refractivity contribution >= 4 is 17.4 Å². The third-order valence-corrected chi connectivity index (χ3v) is 6.35. The Kier molecular flexibility index (Phi) is 6.32. The molecule has 1 saturated heterocycles. The molecule has 3 aromatic carbocycles. The number of amides is 1. The van der Waals surface area contributed by atoms with Gasteiger partial charge in [0, 0.05) is 12.1 Å². The molecular weight excluding hydrogens is 448 g/mol. The molecule has 4 nitrogen and oxygen atoms in total. The van der Waals surface area contributed by atoms with Gasteiger partial charge in [-0.05, 0) is 64.9 Å². The average Bonchev–Trinajstić information content (AvgIpc) is 3.05. The summed E-state index contributed by atoms with van der Waals surface area (Å²) in [5.74, 6) is -2.75. The minimum absolute atomic E-state index is 0.0185. The molecule has 1 atom stereocenters. The minimum Gasteiger partial charge on any atom is -0.507 e. The van der Waals surface area contributed by atoms with Crippen LogP contribution in [-0.2, 0) is 21.5 Å². The third-order valence-electron chi connectivity index (χ3n) is 6.35. The van der Waals surface area contributed by atoms with Crippen LogP contribution in [0.4, 0.5) is 8.78 Å². The van der Waals surface area contributed by atoms with Gasteiger partial charge in [0.15, 0.2) is 0 Å². The van der Waals surface area contributed by atoms with Crippen molar-refractivity contribution in [3.05, 3.63) is 112 Å². The lowest BCUT2D eigenvalue weighted by molar-refractivity contribution is -0.140. The predicted octanol–water partition coefficient (Wildman–Crippen LogP) is 6.19. The van der Waals surface area contributed by atoms with Gasteiger partial charge >= 0.3 is 0 Å². The molecule has 1 aliphatic heterocycles. The number of halogens is 2. The molecule has 0 bridgehead atoms. The highest BCUT2D eigenvalue weighted by Crippen LogP contribution is 2.41. The van der Waals surface area contributed by atoms with Crippen molar-refractivity contribution in [1.29, 1.82) is 0 Å². The summed E-state index contributed by atoms with van der Waals surface area (Å²) >= 11 is 0. The summed E-state index contributed by atoms with van der Waals surface area (Å²) in [5.41, 5.74) is 3.02. The summed E-state index contributed by atoms with van der Waals surface area (Å²) < 4.78 is 27.1. The first-order valence-corrected chi connectivity index (χ1v) is 11.4. The van der Waals surface area contributed by atoms with Crippen LogP contribution in [0.2, 0.25) is 0 Å². The fraction of sp³-hybridized carbons (Fsp3) is 0.241. The zero-order valence-corrected chi connectivity index (χ0v) is 20.1. The van der Waals surface area contributed by atoms with Gasteiger partial charge in [-0.1, -0.05) is 57.2 Å². The molecule has 1 N–H and O–H groups in total. The molecule has 3 aromatic rings. The van der Waals surface area contributed by atoms with E-state index in [-0.39, 0.29) is 23.3 Å². The van der Waals surface area contributed by atoms with Crippen molar-refractivity contribution < 1.29 is 23.5 Å². The van der Waals surface area contributed by atoms with Gasteiger partial charge in [-0.25, -0.2) is 8.78 Å². The number of benzene rings is 3. The summed E-state index contributed by atoms with van der Waals surface area (Å²) in [5, 5.41) is 11.4. The van der Waals surface area contributed by atoms with E-state index < -0.39 is 29.4 Å². The quantitative estimate of drug-likeness (QED) is 0.278. The number of hydrogen-bond acceptors (Lipinski definition) is 3. The van der Waals surface area contributed by atoms with Crippen molar-refractivity contribution in [2.45, 2.75) is 45.7 Å². The van der Waals surface area contributed by atoms with Crippen molar-refractivity contribution in [2.75, 3.05) is 0 Å². The van der Waals surface area contributed by atoms with Crippen LogP contribution in [0.1, 0.15) is 54.6 Å². The summed E-state index contributed by atoms with van der Waals surface area (Å²) in [6, 6.07) is 15.9. The van der Waals surface area contributed by atoms with E-state index in [1.165, 1.54) is 53.4 Å². The normalized spacial score (nSPS) is 17.8. The molecule has 0 aromatic heterocycles. The molecule has 0 radical (unpaired) electrons. The molecule has 1 aliphatic rings. The zero-order chi connectivity index (χ0) is 25.5. The summed E-state index contributed by atoms with van der Waals surface area (Å²) in [4.78, 5) is 27.8. The predicted molar refractivity (Wildman–Crippen MR) is 131 cm³/mol. The Balaban J connectivity index is 1.89. The molecule has 6 heteroatoms. The molecule has 0 saturated carbocycles. The van der Waals surface area contributed by atoms with E-state index in [1.54, 1.807) is 0 Å². The van der Waals surface area contributed by atoms with Gasteiger partial charge < -0.3 is 10.0 Å². The van der Waals surface area contributed by atoms with Gasteiger partial charge in [-0.3, -0.25) is 9.59 Å². The Labute approximate surface area is 203 Å². The summed E-state index contributed by atoms with van der Waals surface area (Å²) in [6.45, 7) is 7.97. The Morgan fingerprint density at radius 2 is 1.49 bits per heavy atom. The number of carbonyl (C=O) groups excluding carboxylic acids is 2. The first-order valence-electron chi connectivity index (χ1n) is 11.4. The highest BCUT2D eigenvalue weighted by Gasteiger charge is 2.46. The number of carbonyl (C=O) groups is 2. The van der Waals surface area contributed by atoms with Crippen LogP contribution in [0.25, 0.3) is 5.76 Å². The summed E-state index contributed by atoms with van der Waals surface area (Å²) in [6.07, 6.45) is 0. The van der Waals surface area contributed by atoms with Gasteiger partial charge in [0.25, 0.3) is 11.7 Å². The van der Waals surface area contributed by atoms with Gasteiger partial charge in [-0.2, -0.15) is 0 Å². The monoisotopic (exact) mass is 475 g/mol. The van der Waals surface area contributed by atoms with E-state index in [1.807, 2.05) is 45.9 Å². The maximum atomic E-state index is 13.7. The first-order chi connectivity index (χ1) is 16.5. The lowest BCUT2D eigenvalue weighted by Gasteiger charge is -2.26. The van der Waals surface area contributed by atoms with Gasteiger partial charge in [0.05, 0.1) is 11.6 Å². The fourth-order valence-corrected chi connectivity index (χ4v) is 4.31. The smallest absolute Gasteiger partial charge is 0.295 e. The second kappa shape index (κ2) is 9.10. The maximum absolute atomic E-state index is 13.7. The fourth-order valence-electron chi connectivity index (χ4n) is 4.31. The minimum atomic E-state index is -0.932. The highest BCUT2D eigenvalue weighted by molar-refractivity contribution is 6.46. The summed E-state index contributed by atoms with van der Waals surface area (Å²) in [7, 11) is 0. The molecule has 0 aliphatic carbocycles. The molecule has 4 rings (SSSR count). The van der Waals surface area contributed by atoms with E-state index in [4.69, 9.17) is 0 Å². The van der Waals surface area contributed by atoms with E-state index >= 15 is 0 Å². The van der Waals surface area contributed by atoms with Crippen LogP contribution in [0.15, 0.2) is 72.3 Å². The number of hydrogen-bond donors (Lipinski definition) is 1. The van der Waals surface area contributed by atoms with Gasteiger partial charge in [0.2, 0.25) is 0 Å². The van der Waals surface area contributed by atoms with Crippen LogP contribution >= 0.6 is 0 Å². The Morgan fingerprint density at radius 1 is 0.914 bits per heavy atom. The number of aliphatic hydroxyl groups is 1. The van der Waals surface area contributed by atoms with E-state index in [9.17, 15) is 23.5 Å². The number of aryl methyl sites for hydroxylation is 1. The highest BCUT2D eigenvalue weighted by atomic mass is 19.1. The second-order valence-corrected chi connectivity index (χ2v) is 9.88. The van der Waals surface area contributed by atoms with Crippen molar-refractivity contribution in [3.63, 3.8) is 0 Å². The van der Waals surface area contributed by atoms with E-state index in [0.717, 1.165) is 11.1 Å². The van der Waals surface area contributed by atoms with Crippen LogP contribution < -0.4 is 0 Å². The average molecular weight is 476 g/mol. The maximum Gasteiger partial charge on any atom is 0.295 e. The van der Waals surface area contributed by atoms with E-state index in [0.29, 0.717) is 16.7 Å².